The highest BCUT2D eigenvalue weighted by Crippen LogP contribution is 2.06. The molecule has 0 aromatic carbocycles. The monoisotopic (exact) mass is 328 g/mol. The Balaban J connectivity index is 2.14. The van der Waals surface area contributed by atoms with Crippen molar-refractivity contribution in [3.63, 3.8) is 0 Å². The molecule has 0 bridgehead atoms. The van der Waals surface area contributed by atoms with Gasteiger partial charge in [0.05, 0.1) is 24.1 Å². The molecule has 0 spiro atoms. The Morgan fingerprint density at radius 1 is 1.25 bits per heavy atom. The fourth-order valence-electron chi connectivity index (χ4n) is 2.28. The third-order valence-electron chi connectivity index (χ3n) is 3.81. The molecule has 0 atom stereocenters. The third-order valence-corrected chi connectivity index (χ3v) is 3.81. The molecule has 1 N–H and O–H groups in total. The second-order valence-corrected chi connectivity index (χ2v) is 6.39. The van der Waals surface area contributed by atoms with Crippen LogP contribution in [0.15, 0.2) is 29.5 Å². The Hall–Kier alpha value is -2.50. The molecule has 0 saturated heterocycles. The van der Waals surface area contributed by atoms with Crippen molar-refractivity contribution in [2.24, 2.45) is 5.92 Å². The zero-order valence-electron chi connectivity index (χ0n) is 14.7. The highest BCUT2D eigenvalue weighted by molar-refractivity contribution is 5.95. The predicted octanol–water partition coefficient (Wildman–Crippen LogP) is 2.23. The van der Waals surface area contributed by atoms with Crippen LogP contribution in [-0.4, -0.2) is 20.4 Å². The van der Waals surface area contributed by atoms with Crippen LogP contribution in [0, 0.1) is 19.8 Å². The van der Waals surface area contributed by atoms with E-state index < -0.39 is 0 Å². The lowest BCUT2D eigenvalue weighted by molar-refractivity contribution is 0.0947. The maximum Gasteiger partial charge on any atom is 0.263 e. The number of nitrogens with zero attached hydrogens (tertiary/aromatic N) is 3. The number of amides is 1. The molecule has 2 aromatic rings. The van der Waals surface area contributed by atoms with E-state index in [1.54, 1.807) is 30.1 Å². The number of carbonyl (C=O) groups excluding carboxylic acids is 1. The molecule has 6 heteroatoms. The summed E-state index contributed by atoms with van der Waals surface area (Å²) in [4.78, 5) is 33.4. The highest BCUT2D eigenvalue weighted by Gasteiger charge is 2.15. The van der Waals surface area contributed by atoms with Crippen LogP contribution in [0.3, 0.4) is 0 Å². The van der Waals surface area contributed by atoms with Crippen molar-refractivity contribution in [1.82, 2.24) is 19.9 Å². The number of rotatable bonds is 6. The molecule has 0 fully saturated rings. The van der Waals surface area contributed by atoms with E-state index in [2.05, 4.69) is 29.1 Å². The molecule has 2 aromatic heterocycles. The van der Waals surface area contributed by atoms with Gasteiger partial charge in [-0.15, -0.1) is 0 Å². The van der Waals surface area contributed by atoms with E-state index in [0.717, 1.165) is 12.1 Å². The first-order chi connectivity index (χ1) is 11.4. The zero-order valence-corrected chi connectivity index (χ0v) is 14.7. The van der Waals surface area contributed by atoms with E-state index in [-0.39, 0.29) is 23.6 Å². The summed E-state index contributed by atoms with van der Waals surface area (Å²) in [5.74, 6) is 0.120. The molecule has 0 radical (unpaired) electrons. The summed E-state index contributed by atoms with van der Waals surface area (Å²) in [6.07, 6.45) is 5.91. The quantitative estimate of drug-likeness (QED) is 0.882. The predicted molar refractivity (Wildman–Crippen MR) is 92.8 cm³/mol. The van der Waals surface area contributed by atoms with Crippen LogP contribution in [0.25, 0.3) is 0 Å². The Labute approximate surface area is 142 Å². The highest BCUT2D eigenvalue weighted by atomic mass is 16.2. The minimum absolute atomic E-state index is 0.196. The first kappa shape index (κ1) is 17.8. The van der Waals surface area contributed by atoms with Gasteiger partial charge in [-0.25, -0.2) is 0 Å². The average molecular weight is 328 g/mol. The van der Waals surface area contributed by atoms with Crippen molar-refractivity contribution in [3.8, 4) is 0 Å². The second-order valence-electron chi connectivity index (χ2n) is 6.39. The topological polar surface area (TPSA) is 76.9 Å². The standard InChI is InChI=1S/C18H24N4O2/c1-12(2)5-7-22-8-6-13(3)16(18(22)24)17(23)21-11-15-10-19-14(4)9-20-15/h6,8-10,12H,5,7,11H2,1-4H3,(H,21,23). The molecule has 0 aliphatic carbocycles. The van der Waals surface area contributed by atoms with Gasteiger partial charge in [0.1, 0.15) is 5.56 Å². The number of hydrogen-bond acceptors (Lipinski definition) is 4. The van der Waals surface area contributed by atoms with Crippen LogP contribution in [0.5, 0.6) is 0 Å². The Kier molecular flexibility index (Phi) is 5.84. The van der Waals surface area contributed by atoms with Gasteiger partial charge in [-0.3, -0.25) is 19.6 Å². The maximum absolute atomic E-state index is 12.6. The summed E-state index contributed by atoms with van der Waals surface area (Å²) in [5.41, 5.74) is 2.09. The number of carbonyl (C=O) groups is 1. The van der Waals surface area contributed by atoms with Crippen molar-refractivity contribution >= 4 is 5.91 Å². The van der Waals surface area contributed by atoms with Gasteiger partial charge in [0, 0.05) is 18.9 Å². The number of hydrogen-bond donors (Lipinski definition) is 1. The van der Waals surface area contributed by atoms with Crippen molar-refractivity contribution in [1.29, 1.82) is 0 Å². The summed E-state index contributed by atoms with van der Waals surface area (Å²) >= 11 is 0. The van der Waals surface area contributed by atoms with Crippen molar-refractivity contribution in [3.05, 3.63) is 57.5 Å². The van der Waals surface area contributed by atoms with Crippen LogP contribution >= 0.6 is 0 Å². The minimum atomic E-state index is -0.376. The lowest BCUT2D eigenvalue weighted by Gasteiger charge is -2.12. The zero-order chi connectivity index (χ0) is 17.7. The number of aromatic nitrogens is 3. The fourth-order valence-corrected chi connectivity index (χ4v) is 2.28. The van der Waals surface area contributed by atoms with E-state index in [4.69, 9.17) is 0 Å². The summed E-state index contributed by atoms with van der Waals surface area (Å²) < 4.78 is 1.60. The molecule has 0 aliphatic rings. The molecule has 6 nitrogen and oxygen atoms in total. The summed E-state index contributed by atoms with van der Waals surface area (Å²) in [6, 6.07) is 1.81. The second kappa shape index (κ2) is 7.86. The number of nitrogens with one attached hydrogen (secondary N) is 1. The molecule has 0 aliphatic heterocycles. The molecule has 0 unspecified atom stereocenters. The largest absolute Gasteiger partial charge is 0.346 e. The minimum Gasteiger partial charge on any atom is -0.346 e. The molecule has 2 rings (SSSR count). The molecule has 1 amide bonds. The number of aryl methyl sites for hydroxylation is 3. The van der Waals surface area contributed by atoms with Crippen molar-refractivity contribution < 1.29 is 4.79 Å². The van der Waals surface area contributed by atoms with Gasteiger partial charge in [0.25, 0.3) is 11.5 Å². The average Bonchev–Trinajstić information content (AvgIpc) is 2.53. The fraction of sp³-hybridized carbons (Fsp3) is 0.444. The smallest absolute Gasteiger partial charge is 0.263 e. The normalized spacial score (nSPS) is 10.9. The molecular formula is C18H24N4O2. The molecule has 24 heavy (non-hydrogen) atoms. The van der Waals surface area contributed by atoms with Gasteiger partial charge in [-0.2, -0.15) is 0 Å². The third kappa shape index (κ3) is 4.50. The summed E-state index contributed by atoms with van der Waals surface area (Å²) in [6.45, 7) is 8.69. The Morgan fingerprint density at radius 3 is 2.62 bits per heavy atom. The van der Waals surface area contributed by atoms with Crippen LogP contribution < -0.4 is 10.9 Å². The first-order valence-corrected chi connectivity index (χ1v) is 8.14. The van der Waals surface area contributed by atoms with E-state index in [9.17, 15) is 9.59 Å². The van der Waals surface area contributed by atoms with E-state index in [1.165, 1.54) is 0 Å². The van der Waals surface area contributed by atoms with Gasteiger partial charge < -0.3 is 9.88 Å². The molecule has 0 saturated carbocycles. The van der Waals surface area contributed by atoms with Crippen molar-refractivity contribution in [2.75, 3.05) is 0 Å². The van der Waals surface area contributed by atoms with E-state index in [0.29, 0.717) is 23.7 Å². The van der Waals surface area contributed by atoms with Gasteiger partial charge in [-0.1, -0.05) is 13.8 Å². The number of pyridine rings is 1. The SMILES string of the molecule is Cc1cnc(CNC(=O)c2c(C)ccn(CCC(C)C)c2=O)cn1. The van der Waals surface area contributed by atoms with Crippen LogP contribution in [0.1, 0.15) is 47.6 Å². The van der Waals surface area contributed by atoms with Crippen molar-refractivity contribution in [2.45, 2.75) is 47.2 Å². The Bertz CT molecular complexity index is 764. The lowest BCUT2D eigenvalue weighted by atomic mass is 10.1. The van der Waals surface area contributed by atoms with Gasteiger partial charge in [0.2, 0.25) is 0 Å². The van der Waals surface area contributed by atoms with E-state index >= 15 is 0 Å². The van der Waals surface area contributed by atoms with Crippen LogP contribution in [-0.2, 0) is 13.1 Å². The van der Waals surface area contributed by atoms with Gasteiger partial charge in [0.15, 0.2) is 0 Å². The molecule has 2 heterocycles. The lowest BCUT2D eigenvalue weighted by Crippen LogP contribution is -2.34. The first-order valence-electron chi connectivity index (χ1n) is 8.14. The molecular weight excluding hydrogens is 304 g/mol. The van der Waals surface area contributed by atoms with Gasteiger partial charge in [-0.05, 0) is 37.8 Å². The Morgan fingerprint density at radius 2 is 2.00 bits per heavy atom. The van der Waals surface area contributed by atoms with Crippen LogP contribution in [0.2, 0.25) is 0 Å². The summed E-state index contributed by atoms with van der Waals surface area (Å²) in [7, 11) is 0. The van der Waals surface area contributed by atoms with Crippen LogP contribution in [0.4, 0.5) is 0 Å². The van der Waals surface area contributed by atoms with E-state index in [1.807, 2.05) is 13.0 Å². The summed E-state index contributed by atoms with van der Waals surface area (Å²) in [5, 5.41) is 2.75. The van der Waals surface area contributed by atoms with Gasteiger partial charge >= 0.3 is 0 Å². The maximum atomic E-state index is 12.6. The molecule has 128 valence electrons.